The van der Waals surface area contributed by atoms with Crippen LogP contribution in [-0.2, 0) is 16.0 Å². The summed E-state index contributed by atoms with van der Waals surface area (Å²) in [6, 6.07) is 22.2. The zero-order valence-electron chi connectivity index (χ0n) is 16.9. The zero-order chi connectivity index (χ0) is 20.9. The van der Waals surface area contributed by atoms with Gasteiger partial charge in [-0.1, -0.05) is 60.7 Å². The molecule has 3 aromatic rings. The molecule has 3 aromatic carbocycles. The summed E-state index contributed by atoms with van der Waals surface area (Å²) in [5.41, 5.74) is 6.93. The molecule has 0 saturated carbocycles. The number of carbonyl (C=O) groups is 2. The van der Waals surface area contributed by atoms with Crippen molar-refractivity contribution in [2.75, 3.05) is 6.54 Å². The number of likely N-dealkylation sites (tertiary alicyclic amines) is 1. The Morgan fingerprint density at radius 3 is 2.63 bits per heavy atom. The zero-order valence-corrected chi connectivity index (χ0v) is 16.9. The highest BCUT2D eigenvalue weighted by atomic mass is 16.5. The van der Waals surface area contributed by atoms with Crippen molar-refractivity contribution in [3.63, 3.8) is 0 Å². The number of carbonyl (C=O) groups excluding carboxylic acids is 2. The molecule has 3 atom stereocenters. The molecule has 2 heterocycles. The Labute approximate surface area is 175 Å². The first-order chi connectivity index (χ1) is 14.5. The molecule has 152 valence electrons. The minimum Gasteiger partial charge on any atom is -0.468 e. The fourth-order valence-electron chi connectivity index (χ4n) is 5.01. The van der Waals surface area contributed by atoms with E-state index in [4.69, 9.17) is 10.5 Å². The molecule has 2 aliphatic heterocycles. The Morgan fingerprint density at radius 1 is 1.10 bits per heavy atom. The van der Waals surface area contributed by atoms with Gasteiger partial charge in [0.2, 0.25) is 11.8 Å². The number of nitrogens with zero attached hydrogens (tertiary/aromatic N) is 1. The fourth-order valence-corrected chi connectivity index (χ4v) is 5.01. The van der Waals surface area contributed by atoms with E-state index in [9.17, 15) is 9.59 Å². The second kappa shape index (κ2) is 6.87. The number of ether oxygens (including phenoxy) is 1. The maximum absolute atomic E-state index is 13.4. The SMILES string of the molecule is C[C@@]12C[C@@H](c3ccccc3O1)[C@@H](C(N)=O)C(=O)N2CCc1ccc2ccccc2c1. The lowest BCUT2D eigenvalue weighted by Gasteiger charge is -2.52. The van der Waals surface area contributed by atoms with Crippen molar-refractivity contribution < 1.29 is 14.3 Å². The smallest absolute Gasteiger partial charge is 0.238 e. The lowest BCUT2D eigenvalue weighted by atomic mass is 9.73. The topological polar surface area (TPSA) is 72.6 Å². The van der Waals surface area contributed by atoms with Gasteiger partial charge in [-0.05, 0) is 41.3 Å². The monoisotopic (exact) mass is 400 g/mol. The summed E-state index contributed by atoms with van der Waals surface area (Å²) in [4.78, 5) is 27.4. The number of rotatable bonds is 4. The number of hydrogen-bond donors (Lipinski definition) is 1. The average Bonchev–Trinajstić information content (AvgIpc) is 2.73. The highest BCUT2D eigenvalue weighted by Crippen LogP contribution is 2.49. The second-order valence-corrected chi connectivity index (χ2v) is 8.43. The van der Waals surface area contributed by atoms with Crippen molar-refractivity contribution in [3.8, 4) is 5.75 Å². The van der Waals surface area contributed by atoms with Crippen molar-refractivity contribution in [1.82, 2.24) is 4.90 Å². The quantitative estimate of drug-likeness (QED) is 0.680. The van der Waals surface area contributed by atoms with Crippen LogP contribution in [0.15, 0.2) is 66.7 Å². The van der Waals surface area contributed by atoms with Gasteiger partial charge in [0.15, 0.2) is 5.72 Å². The van der Waals surface area contributed by atoms with Gasteiger partial charge in [-0.25, -0.2) is 0 Å². The summed E-state index contributed by atoms with van der Waals surface area (Å²) in [6.45, 7) is 2.40. The molecule has 5 heteroatoms. The van der Waals surface area contributed by atoms with Crippen molar-refractivity contribution >= 4 is 22.6 Å². The van der Waals surface area contributed by atoms with Crippen LogP contribution in [0.25, 0.3) is 10.8 Å². The first kappa shape index (κ1) is 18.7. The molecule has 0 spiro atoms. The van der Waals surface area contributed by atoms with Crippen molar-refractivity contribution in [2.24, 2.45) is 11.7 Å². The average molecular weight is 400 g/mol. The van der Waals surface area contributed by atoms with Crippen LogP contribution < -0.4 is 10.5 Å². The highest BCUT2D eigenvalue weighted by molar-refractivity contribution is 6.01. The number of benzene rings is 3. The molecule has 2 bridgehead atoms. The Balaban J connectivity index is 1.47. The van der Waals surface area contributed by atoms with E-state index >= 15 is 0 Å². The van der Waals surface area contributed by atoms with Gasteiger partial charge in [0.05, 0.1) is 0 Å². The van der Waals surface area contributed by atoms with Crippen LogP contribution >= 0.6 is 0 Å². The molecule has 5 nitrogen and oxygen atoms in total. The predicted octanol–water partition coefficient (Wildman–Crippen LogP) is 3.61. The van der Waals surface area contributed by atoms with Gasteiger partial charge in [-0.15, -0.1) is 0 Å². The lowest BCUT2D eigenvalue weighted by Crippen LogP contribution is -2.64. The molecule has 1 saturated heterocycles. The molecule has 5 rings (SSSR count). The molecule has 1 fully saturated rings. The fraction of sp³-hybridized carbons (Fsp3) is 0.280. The van der Waals surface area contributed by atoms with E-state index < -0.39 is 17.6 Å². The van der Waals surface area contributed by atoms with E-state index in [-0.39, 0.29) is 11.8 Å². The first-order valence-electron chi connectivity index (χ1n) is 10.3. The Hall–Kier alpha value is -3.34. The highest BCUT2D eigenvalue weighted by Gasteiger charge is 2.55. The minimum atomic E-state index is -0.861. The second-order valence-electron chi connectivity index (χ2n) is 8.43. The summed E-state index contributed by atoms with van der Waals surface area (Å²) in [5, 5.41) is 2.36. The number of fused-ring (bicyclic) bond motifs is 5. The van der Waals surface area contributed by atoms with Gasteiger partial charge in [0.25, 0.3) is 0 Å². The Bertz CT molecular complexity index is 1160. The number of para-hydroxylation sites is 1. The number of hydrogen-bond acceptors (Lipinski definition) is 3. The first-order valence-corrected chi connectivity index (χ1v) is 10.3. The van der Waals surface area contributed by atoms with E-state index in [2.05, 4.69) is 30.3 Å². The predicted molar refractivity (Wildman–Crippen MR) is 115 cm³/mol. The van der Waals surface area contributed by atoms with Crippen LogP contribution in [0.5, 0.6) is 5.75 Å². The van der Waals surface area contributed by atoms with Gasteiger partial charge in [-0.3, -0.25) is 9.59 Å². The van der Waals surface area contributed by atoms with E-state index in [0.29, 0.717) is 19.4 Å². The van der Waals surface area contributed by atoms with E-state index in [0.717, 1.165) is 16.9 Å². The van der Waals surface area contributed by atoms with Gasteiger partial charge >= 0.3 is 0 Å². The van der Waals surface area contributed by atoms with Crippen molar-refractivity contribution in [1.29, 1.82) is 0 Å². The number of nitrogens with two attached hydrogens (primary N) is 1. The lowest BCUT2D eigenvalue weighted by molar-refractivity contribution is -0.175. The van der Waals surface area contributed by atoms with Crippen LogP contribution in [0.2, 0.25) is 0 Å². The largest absolute Gasteiger partial charge is 0.468 e. The molecule has 0 aromatic heterocycles. The van der Waals surface area contributed by atoms with Crippen LogP contribution in [0.1, 0.15) is 30.4 Å². The maximum atomic E-state index is 13.4. The summed E-state index contributed by atoms with van der Waals surface area (Å²) in [5.74, 6) is -1.19. The van der Waals surface area contributed by atoms with Crippen LogP contribution in [0.4, 0.5) is 0 Å². The molecular formula is C25H24N2O3. The molecular weight excluding hydrogens is 376 g/mol. The molecule has 2 amide bonds. The number of primary amides is 1. The van der Waals surface area contributed by atoms with E-state index in [1.807, 2.05) is 43.3 Å². The molecule has 30 heavy (non-hydrogen) atoms. The molecule has 2 aliphatic rings. The molecule has 0 radical (unpaired) electrons. The standard InChI is InChI=1S/C25H24N2O3/c1-25-15-20(19-8-4-5-9-21(19)30-25)22(23(26)28)24(29)27(25)13-12-16-10-11-17-6-2-3-7-18(17)14-16/h2-11,14,20,22H,12-13,15H2,1H3,(H2,26,28)/t20-,22-,25-/m0/s1. The third-order valence-corrected chi connectivity index (χ3v) is 6.50. The Kier molecular flexibility index (Phi) is 4.28. The van der Waals surface area contributed by atoms with Gasteiger partial charge in [0.1, 0.15) is 11.7 Å². The molecule has 2 N–H and O–H groups in total. The van der Waals surface area contributed by atoms with Gasteiger partial charge in [0, 0.05) is 18.9 Å². The van der Waals surface area contributed by atoms with Crippen LogP contribution in [0.3, 0.4) is 0 Å². The van der Waals surface area contributed by atoms with E-state index in [1.165, 1.54) is 10.8 Å². The molecule has 0 unspecified atom stereocenters. The van der Waals surface area contributed by atoms with Crippen molar-refractivity contribution in [3.05, 3.63) is 77.9 Å². The normalized spacial score (nSPS) is 25.0. The summed E-state index contributed by atoms with van der Waals surface area (Å²) in [7, 11) is 0. The summed E-state index contributed by atoms with van der Waals surface area (Å²) < 4.78 is 6.31. The van der Waals surface area contributed by atoms with Gasteiger partial charge < -0.3 is 15.4 Å². The third kappa shape index (κ3) is 2.93. The Morgan fingerprint density at radius 2 is 1.83 bits per heavy atom. The maximum Gasteiger partial charge on any atom is 0.238 e. The number of amides is 2. The minimum absolute atomic E-state index is 0.239. The molecule has 0 aliphatic carbocycles. The van der Waals surface area contributed by atoms with Crippen molar-refractivity contribution in [2.45, 2.75) is 31.4 Å². The number of piperidine rings is 1. The van der Waals surface area contributed by atoms with E-state index in [1.54, 1.807) is 4.90 Å². The van der Waals surface area contributed by atoms with Crippen LogP contribution in [-0.4, -0.2) is 29.0 Å². The summed E-state index contributed by atoms with van der Waals surface area (Å²) >= 11 is 0. The van der Waals surface area contributed by atoms with Gasteiger partial charge in [-0.2, -0.15) is 0 Å². The third-order valence-electron chi connectivity index (χ3n) is 6.50. The summed E-state index contributed by atoms with van der Waals surface area (Å²) in [6.07, 6.45) is 1.23. The van der Waals surface area contributed by atoms with Crippen LogP contribution in [0, 0.1) is 5.92 Å².